The van der Waals surface area contributed by atoms with Crippen LogP contribution in [0.1, 0.15) is 11.7 Å². The minimum Gasteiger partial charge on any atom is -0.355 e. The Morgan fingerprint density at radius 2 is 2.18 bits per heavy atom. The van der Waals surface area contributed by atoms with E-state index >= 15 is 0 Å². The molecule has 0 spiro atoms. The quantitative estimate of drug-likeness (QED) is 0.656. The second-order valence-corrected chi connectivity index (χ2v) is 3.95. The van der Waals surface area contributed by atoms with Crippen molar-refractivity contribution in [1.82, 2.24) is 15.2 Å². The van der Waals surface area contributed by atoms with Gasteiger partial charge in [0.15, 0.2) is 0 Å². The smallest absolute Gasteiger partial charge is 0.116 e. The summed E-state index contributed by atoms with van der Waals surface area (Å²) < 4.78 is 0. The number of hydrogen-bond donors (Lipinski definition) is 2. The minimum absolute atomic E-state index is 0.265. The summed E-state index contributed by atoms with van der Waals surface area (Å²) >= 11 is 0. The van der Waals surface area contributed by atoms with Crippen LogP contribution in [-0.2, 0) is 0 Å². The second-order valence-electron chi connectivity index (χ2n) is 3.95. The van der Waals surface area contributed by atoms with E-state index in [0.717, 1.165) is 27.9 Å². The molecule has 1 unspecified atom stereocenters. The lowest BCUT2D eigenvalue weighted by Crippen LogP contribution is -2.11. The van der Waals surface area contributed by atoms with Crippen molar-refractivity contribution in [1.29, 1.82) is 0 Å². The van der Waals surface area contributed by atoms with Crippen molar-refractivity contribution in [3.63, 3.8) is 0 Å². The van der Waals surface area contributed by atoms with Gasteiger partial charge < -0.3 is 10.7 Å². The SMILES string of the molecule is C=CC(N)c1[nH]c2ccccc2c2cnnc1-2. The predicted octanol–water partition coefficient (Wildman–Crippen LogP) is 2.25. The Kier molecular flexibility index (Phi) is 2.16. The molecule has 3 N–H and O–H groups in total. The van der Waals surface area contributed by atoms with Crippen LogP contribution in [0.2, 0.25) is 0 Å². The average Bonchev–Trinajstić information content (AvgIpc) is 2.86. The molecule has 0 saturated heterocycles. The number of pyridine rings is 1. The first-order chi connectivity index (χ1) is 8.31. The molecule has 1 aromatic rings. The summed E-state index contributed by atoms with van der Waals surface area (Å²) in [5.41, 5.74) is 9.71. The lowest BCUT2D eigenvalue weighted by atomic mass is 10.0. The molecule has 2 aliphatic heterocycles. The van der Waals surface area contributed by atoms with Crippen LogP contribution >= 0.6 is 0 Å². The summed E-state index contributed by atoms with van der Waals surface area (Å²) in [6.07, 6.45) is 3.46. The maximum Gasteiger partial charge on any atom is 0.116 e. The first-order valence-corrected chi connectivity index (χ1v) is 5.41. The molecular weight excluding hydrogens is 212 g/mol. The monoisotopic (exact) mass is 224 g/mol. The van der Waals surface area contributed by atoms with Gasteiger partial charge in [-0.05, 0) is 6.07 Å². The summed E-state index contributed by atoms with van der Waals surface area (Å²) in [6.45, 7) is 3.72. The van der Waals surface area contributed by atoms with Gasteiger partial charge in [0.2, 0.25) is 0 Å². The van der Waals surface area contributed by atoms with E-state index < -0.39 is 0 Å². The highest BCUT2D eigenvalue weighted by Crippen LogP contribution is 2.32. The fraction of sp³-hybridized carbons (Fsp3) is 0.0769. The van der Waals surface area contributed by atoms with Crippen LogP contribution < -0.4 is 5.73 Å². The van der Waals surface area contributed by atoms with Gasteiger partial charge in [-0.2, -0.15) is 5.10 Å². The van der Waals surface area contributed by atoms with E-state index in [1.165, 1.54) is 0 Å². The standard InChI is InChI=1S/C13H12N4/c1-2-10(14)13-12-9(7-15-17-12)8-5-3-4-6-11(8)16-13/h2-7,10,16H,1,14H2. The number of aromatic nitrogens is 3. The number of nitrogens with zero attached hydrogens (tertiary/aromatic N) is 2. The van der Waals surface area contributed by atoms with Crippen molar-refractivity contribution in [2.45, 2.75) is 6.04 Å². The number of rotatable bonds is 2. The third-order valence-corrected chi connectivity index (χ3v) is 2.93. The molecule has 0 aromatic heterocycles. The number of nitrogens with two attached hydrogens (primary N) is 1. The maximum absolute atomic E-state index is 5.99. The number of para-hydroxylation sites is 1. The van der Waals surface area contributed by atoms with Gasteiger partial charge >= 0.3 is 0 Å². The maximum atomic E-state index is 5.99. The normalized spacial score (nSPS) is 13.0. The van der Waals surface area contributed by atoms with Crippen molar-refractivity contribution in [3.8, 4) is 11.3 Å². The highest BCUT2D eigenvalue weighted by Gasteiger charge is 2.18. The van der Waals surface area contributed by atoms with E-state index in [1.54, 1.807) is 12.3 Å². The molecule has 2 aliphatic rings. The molecule has 0 aliphatic carbocycles. The van der Waals surface area contributed by atoms with Crippen molar-refractivity contribution in [3.05, 3.63) is 48.8 Å². The summed E-state index contributed by atoms with van der Waals surface area (Å²) in [6, 6.07) is 7.77. The van der Waals surface area contributed by atoms with Crippen LogP contribution in [0.25, 0.3) is 22.2 Å². The van der Waals surface area contributed by atoms with Gasteiger partial charge in [-0.1, -0.05) is 24.3 Å². The molecule has 3 rings (SSSR count). The number of aromatic amines is 1. The van der Waals surface area contributed by atoms with E-state index in [1.807, 2.05) is 24.3 Å². The molecule has 1 atom stereocenters. The molecule has 2 heterocycles. The first kappa shape index (κ1) is 9.99. The van der Waals surface area contributed by atoms with Crippen molar-refractivity contribution in [2.24, 2.45) is 5.73 Å². The Balaban J connectivity index is 2.42. The van der Waals surface area contributed by atoms with Gasteiger partial charge in [0.05, 0.1) is 17.9 Å². The van der Waals surface area contributed by atoms with E-state index in [9.17, 15) is 0 Å². The van der Waals surface area contributed by atoms with Gasteiger partial charge in [-0.25, -0.2) is 0 Å². The van der Waals surface area contributed by atoms with Gasteiger partial charge in [0.1, 0.15) is 5.69 Å². The molecule has 4 nitrogen and oxygen atoms in total. The van der Waals surface area contributed by atoms with E-state index in [4.69, 9.17) is 5.73 Å². The average molecular weight is 224 g/mol. The number of benzene rings is 1. The van der Waals surface area contributed by atoms with Crippen molar-refractivity contribution < 1.29 is 0 Å². The first-order valence-electron chi connectivity index (χ1n) is 5.41. The zero-order chi connectivity index (χ0) is 11.8. The van der Waals surface area contributed by atoms with Crippen LogP contribution in [0.4, 0.5) is 0 Å². The Hall–Kier alpha value is -2.20. The molecule has 17 heavy (non-hydrogen) atoms. The lowest BCUT2D eigenvalue weighted by Gasteiger charge is -2.13. The number of hydrogen-bond acceptors (Lipinski definition) is 3. The lowest BCUT2D eigenvalue weighted by molar-refractivity contribution is 0.865. The largest absolute Gasteiger partial charge is 0.355 e. The fourth-order valence-corrected chi connectivity index (χ4v) is 2.05. The number of H-pyrrole nitrogens is 1. The molecule has 4 heteroatoms. The van der Waals surface area contributed by atoms with Crippen LogP contribution in [0.15, 0.2) is 43.1 Å². The van der Waals surface area contributed by atoms with Crippen LogP contribution in [0.5, 0.6) is 0 Å². The molecule has 0 bridgehead atoms. The molecule has 1 aromatic carbocycles. The minimum atomic E-state index is -0.265. The number of fused-ring (bicyclic) bond motifs is 3. The third kappa shape index (κ3) is 1.42. The Morgan fingerprint density at radius 3 is 3.00 bits per heavy atom. The van der Waals surface area contributed by atoms with Crippen molar-refractivity contribution >= 4 is 10.9 Å². The molecule has 0 radical (unpaired) electrons. The highest BCUT2D eigenvalue weighted by molar-refractivity contribution is 5.95. The zero-order valence-corrected chi connectivity index (χ0v) is 9.22. The summed E-state index contributed by atoms with van der Waals surface area (Å²) in [5.74, 6) is 0. The van der Waals surface area contributed by atoms with E-state index in [-0.39, 0.29) is 6.04 Å². The topological polar surface area (TPSA) is 67.6 Å². The fourth-order valence-electron chi connectivity index (χ4n) is 2.05. The summed E-state index contributed by atoms with van der Waals surface area (Å²) in [4.78, 5) is 3.31. The summed E-state index contributed by atoms with van der Waals surface area (Å²) in [5, 5.41) is 9.20. The molecule has 0 saturated carbocycles. The van der Waals surface area contributed by atoms with Crippen LogP contribution in [-0.4, -0.2) is 15.2 Å². The Labute approximate surface area is 98.5 Å². The van der Waals surface area contributed by atoms with Gasteiger partial charge in [0.25, 0.3) is 0 Å². The Bertz CT molecular complexity index is 656. The predicted molar refractivity (Wildman–Crippen MR) is 67.6 cm³/mol. The van der Waals surface area contributed by atoms with E-state index in [2.05, 4.69) is 21.8 Å². The molecule has 0 fully saturated rings. The molecular formula is C13H12N4. The summed E-state index contributed by atoms with van der Waals surface area (Å²) in [7, 11) is 0. The Morgan fingerprint density at radius 1 is 1.35 bits per heavy atom. The third-order valence-electron chi connectivity index (χ3n) is 2.93. The second kappa shape index (κ2) is 3.68. The molecule has 84 valence electrons. The number of nitrogens with one attached hydrogen (secondary N) is 1. The van der Waals surface area contributed by atoms with Crippen molar-refractivity contribution in [2.75, 3.05) is 0 Å². The van der Waals surface area contributed by atoms with Crippen LogP contribution in [0, 0.1) is 0 Å². The van der Waals surface area contributed by atoms with Gasteiger partial charge in [0, 0.05) is 16.5 Å². The van der Waals surface area contributed by atoms with Gasteiger partial charge in [-0.15, -0.1) is 11.7 Å². The highest BCUT2D eigenvalue weighted by atomic mass is 15.1. The molecule has 0 amide bonds. The van der Waals surface area contributed by atoms with Crippen LogP contribution in [0.3, 0.4) is 0 Å². The zero-order valence-electron chi connectivity index (χ0n) is 9.22. The van der Waals surface area contributed by atoms with Gasteiger partial charge in [-0.3, -0.25) is 0 Å². The van der Waals surface area contributed by atoms with E-state index in [0.29, 0.717) is 0 Å².